The van der Waals surface area contributed by atoms with E-state index in [1.807, 2.05) is 6.07 Å². The molecule has 0 saturated carbocycles. The topological polar surface area (TPSA) is 25.8 Å². The van der Waals surface area contributed by atoms with Gasteiger partial charge in [0, 0.05) is 17.3 Å². The van der Waals surface area contributed by atoms with Gasteiger partial charge in [0.05, 0.1) is 8.07 Å². The second-order valence-corrected chi connectivity index (χ2v) is 9.96. The third-order valence-electron chi connectivity index (χ3n) is 2.59. The number of pyridine rings is 2. The van der Waals surface area contributed by atoms with Gasteiger partial charge in [-0.05, 0) is 24.2 Å². The van der Waals surface area contributed by atoms with Crippen molar-refractivity contribution in [2.24, 2.45) is 0 Å². The van der Waals surface area contributed by atoms with Crippen molar-refractivity contribution >= 4 is 24.3 Å². The predicted molar refractivity (Wildman–Crippen MR) is 67.3 cm³/mol. The minimum Gasteiger partial charge on any atom is -0.237 e. The first-order chi connectivity index (χ1) is 6.98. The zero-order chi connectivity index (χ0) is 11.1. The second-order valence-electron chi connectivity index (χ2n) is 4.92. The fourth-order valence-corrected chi connectivity index (χ4v) is 3.58. The average molecular weight is 216 g/mol. The highest BCUT2D eigenvalue weighted by molar-refractivity contribution is 6.89. The Morgan fingerprint density at radius 2 is 1.93 bits per heavy atom. The van der Waals surface area contributed by atoms with Crippen LogP contribution in [0.2, 0.25) is 19.6 Å². The summed E-state index contributed by atoms with van der Waals surface area (Å²) in [7, 11) is -1.29. The molecule has 0 saturated heterocycles. The van der Waals surface area contributed by atoms with Crippen molar-refractivity contribution in [1.29, 1.82) is 0 Å². The van der Waals surface area contributed by atoms with Gasteiger partial charge < -0.3 is 0 Å². The highest BCUT2D eigenvalue weighted by atomic mass is 28.3. The Morgan fingerprint density at radius 1 is 1.20 bits per heavy atom. The van der Waals surface area contributed by atoms with Gasteiger partial charge in [-0.25, -0.2) is 9.97 Å². The summed E-state index contributed by atoms with van der Waals surface area (Å²) in [5.41, 5.74) is 2.00. The number of nitrogens with zero attached hydrogens (tertiary/aromatic N) is 2. The number of hydrogen-bond donors (Lipinski definition) is 0. The highest BCUT2D eigenvalue weighted by Gasteiger charge is 2.20. The number of fused-ring (bicyclic) bond motifs is 1. The lowest BCUT2D eigenvalue weighted by atomic mass is 10.2. The largest absolute Gasteiger partial charge is 0.237 e. The molecule has 2 aromatic heterocycles. The molecular weight excluding hydrogens is 200 g/mol. The molecule has 0 spiro atoms. The van der Waals surface area contributed by atoms with Crippen LogP contribution in [0.5, 0.6) is 0 Å². The van der Waals surface area contributed by atoms with Crippen LogP contribution in [0.1, 0.15) is 5.69 Å². The molecule has 0 aliphatic rings. The number of hydrogen-bond acceptors (Lipinski definition) is 2. The number of rotatable bonds is 1. The van der Waals surface area contributed by atoms with Gasteiger partial charge in [0.1, 0.15) is 0 Å². The van der Waals surface area contributed by atoms with Crippen LogP contribution < -0.4 is 5.19 Å². The Bertz CT molecular complexity index is 500. The lowest BCUT2D eigenvalue weighted by Gasteiger charge is -2.19. The summed E-state index contributed by atoms with van der Waals surface area (Å²) in [6.07, 6.45) is 1.79. The quantitative estimate of drug-likeness (QED) is 0.684. The van der Waals surface area contributed by atoms with E-state index in [4.69, 9.17) is 0 Å². The zero-order valence-corrected chi connectivity index (χ0v) is 10.7. The van der Waals surface area contributed by atoms with Crippen molar-refractivity contribution in [2.45, 2.75) is 26.6 Å². The van der Waals surface area contributed by atoms with Crippen molar-refractivity contribution in [2.75, 3.05) is 0 Å². The number of aryl methyl sites for hydroxylation is 1. The summed E-state index contributed by atoms with van der Waals surface area (Å²) in [4.78, 5) is 8.84. The Hall–Kier alpha value is -1.22. The fraction of sp³-hybridized carbons (Fsp3) is 0.333. The van der Waals surface area contributed by atoms with Crippen molar-refractivity contribution in [3.8, 4) is 0 Å². The minimum atomic E-state index is -1.29. The molecule has 3 heteroatoms. The molecule has 0 fully saturated rings. The molecule has 0 aromatic carbocycles. The maximum absolute atomic E-state index is 4.57. The molecule has 0 atom stereocenters. The average Bonchev–Trinajstić information content (AvgIpc) is 2.15. The first-order valence-electron chi connectivity index (χ1n) is 5.21. The maximum Gasteiger partial charge on any atom is 0.159 e. The van der Waals surface area contributed by atoms with Crippen LogP contribution in [-0.4, -0.2) is 18.0 Å². The molecule has 0 aliphatic carbocycles. The standard InChI is InChI=1S/C12H16N2Si/c1-9-11(15(2,3)4)8-10-6-5-7-13-12(10)14-9/h5-8H,1-4H3. The maximum atomic E-state index is 4.57. The first-order valence-corrected chi connectivity index (χ1v) is 8.71. The first kappa shape index (κ1) is 10.3. The molecular formula is C12H16N2Si. The van der Waals surface area contributed by atoms with Crippen LogP contribution in [0.15, 0.2) is 24.4 Å². The molecule has 2 rings (SSSR count). The van der Waals surface area contributed by atoms with E-state index < -0.39 is 8.07 Å². The molecule has 78 valence electrons. The molecule has 15 heavy (non-hydrogen) atoms. The molecule has 0 unspecified atom stereocenters. The highest BCUT2D eigenvalue weighted by Crippen LogP contribution is 2.11. The normalized spacial score (nSPS) is 12.0. The summed E-state index contributed by atoms with van der Waals surface area (Å²) in [6, 6.07) is 6.31. The van der Waals surface area contributed by atoms with Gasteiger partial charge in [-0.15, -0.1) is 0 Å². The van der Waals surface area contributed by atoms with E-state index in [0.29, 0.717) is 0 Å². The molecule has 0 radical (unpaired) electrons. The zero-order valence-electron chi connectivity index (χ0n) is 9.70. The van der Waals surface area contributed by atoms with Crippen molar-refractivity contribution < 1.29 is 0 Å². The van der Waals surface area contributed by atoms with E-state index in [1.54, 1.807) is 6.20 Å². The third kappa shape index (κ3) is 1.92. The van der Waals surface area contributed by atoms with Gasteiger partial charge in [-0.1, -0.05) is 25.7 Å². The molecule has 0 N–H and O–H groups in total. The minimum absolute atomic E-state index is 0.858. The molecule has 0 bridgehead atoms. The van der Waals surface area contributed by atoms with E-state index in [-0.39, 0.29) is 0 Å². The second kappa shape index (κ2) is 3.42. The van der Waals surface area contributed by atoms with Crippen LogP contribution in [0.3, 0.4) is 0 Å². The lowest BCUT2D eigenvalue weighted by molar-refractivity contribution is 1.21. The molecule has 2 nitrogen and oxygen atoms in total. The van der Waals surface area contributed by atoms with Crippen LogP contribution in [0, 0.1) is 6.92 Å². The van der Waals surface area contributed by atoms with E-state index in [0.717, 1.165) is 16.7 Å². The van der Waals surface area contributed by atoms with Crippen LogP contribution in [0.4, 0.5) is 0 Å². The van der Waals surface area contributed by atoms with Crippen molar-refractivity contribution in [3.05, 3.63) is 30.1 Å². The van der Waals surface area contributed by atoms with E-state index in [9.17, 15) is 0 Å². The van der Waals surface area contributed by atoms with Crippen LogP contribution >= 0.6 is 0 Å². The van der Waals surface area contributed by atoms with Crippen LogP contribution in [-0.2, 0) is 0 Å². The van der Waals surface area contributed by atoms with Gasteiger partial charge in [-0.3, -0.25) is 0 Å². The monoisotopic (exact) mass is 216 g/mol. The summed E-state index contributed by atoms with van der Waals surface area (Å²) in [6.45, 7) is 9.12. The van der Waals surface area contributed by atoms with Gasteiger partial charge in [0.2, 0.25) is 0 Å². The van der Waals surface area contributed by atoms with Crippen molar-refractivity contribution in [1.82, 2.24) is 9.97 Å². The molecule has 0 amide bonds. The summed E-state index contributed by atoms with van der Waals surface area (Å²) >= 11 is 0. The lowest BCUT2D eigenvalue weighted by Crippen LogP contribution is -2.40. The smallest absolute Gasteiger partial charge is 0.159 e. The van der Waals surface area contributed by atoms with Gasteiger partial charge in [0.25, 0.3) is 0 Å². The number of aromatic nitrogens is 2. The Labute approximate surface area is 91.4 Å². The Balaban J connectivity index is 2.73. The van der Waals surface area contributed by atoms with E-state index in [2.05, 4.69) is 48.7 Å². The van der Waals surface area contributed by atoms with Gasteiger partial charge in [-0.2, -0.15) is 0 Å². The predicted octanol–water partition coefficient (Wildman–Crippen LogP) is 2.48. The van der Waals surface area contributed by atoms with Crippen LogP contribution in [0.25, 0.3) is 11.0 Å². The Kier molecular flexibility index (Phi) is 2.35. The molecule has 0 aliphatic heterocycles. The summed E-state index contributed by atoms with van der Waals surface area (Å²) in [5.74, 6) is 0. The molecule has 2 aromatic rings. The third-order valence-corrected chi connectivity index (χ3v) is 4.71. The SMILES string of the molecule is Cc1nc2ncccc2cc1[Si](C)(C)C. The molecule has 2 heterocycles. The van der Waals surface area contributed by atoms with E-state index in [1.165, 1.54) is 5.19 Å². The summed E-state index contributed by atoms with van der Waals surface area (Å²) < 4.78 is 0. The van der Waals surface area contributed by atoms with Gasteiger partial charge in [0.15, 0.2) is 5.65 Å². The van der Waals surface area contributed by atoms with E-state index >= 15 is 0 Å². The van der Waals surface area contributed by atoms with Crippen molar-refractivity contribution in [3.63, 3.8) is 0 Å². The summed E-state index contributed by atoms with van der Waals surface area (Å²) in [5, 5.41) is 2.59. The van der Waals surface area contributed by atoms with Gasteiger partial charge >= 0.3 is 0 Å². The fourth-order valence-electron chi connectivity index (χ4n) is 1.85. The Morgan fingerprint density at radius 3 is 2.60 bits per heavy atom.